The summed E-state index contributed by atoms with van der Waals surface area (Å²) >= 11 is 12.0. The summed E-state index contributed by atoms with van der Waals surface area (Å²) in [7, 11) is 3.26. The van der Waals surface area contributed by atoms with Gasteiger partial charge >= 0.3 is 6.03 Å². The largest absolute Gasteiger partial charge is 0.492 e. The molecule has 0 radical (unpaired) electrons. The van der Waals surface area contributed by atoms with Gasteiger partial charge in [-0.15, -0.1) is 0 Å². The summed E-state index contributed by atoms with van der Waals surface area (Å²) < 4.78 is 16.2. The molecule has 0 aliphatic heterocycles. The van der Waals surface area contributed by atoms with Crippen molar-refractivity contribution in [3.8, 4) is 11.5 Å². The van der Waals surface area contributed by atoms with Crippen LogP contribution >= 0.6 is 23.2 Å². The van der Waals surface area contributed by atoms with Crippen molar-refractivity contribution in [2.75, 3.05) is 45.8 Å². The second-order valence-corrected chi connectivity index (χ2v) is 6.46. The average Bonchev–Trinajstić information content (AvgIpc) is 2.65. The Morgan fingerprint density at radius 1 is 1.04 bits per heavy atom. The van der Waals surface area contributed by atoms with Crippen LogP contribution in [0.3, 0.4) is 0 Å². The lowest BCUT2D eigenvalue weighted by molar-refractivity contribution is 0.146. The lowest BCUT2D eigenvalue weighted by Crippen LogP contribution is -2.34. The van der Waals surface area contributed by atoms with Gasteiger partial charge in [-0.05, 0) is 36.4 Å². The van der Waals surface area contributed by atoms with E-state index in [0.717, 1.165) is 0 Å². The maximum Gasteiger partial charge on any atom is 0.321 e. The Hall–Kier alpha value is -2.15. The van der Waals surface area contributed by atoms with E-state index in [0.29, 0.717) is 53.6 Å². The number of nitrogens with zero attached hydrogens (tertiary/aromatic N) is 1. The number of methoxy groups -OCH3 is 1. The van der Waals surface area contributed by atoms with Gasteiger partial charge in [0, 0.05) is 19.2 Å². The molecule has 0 unspecified atom stereocenters. The zero-order valence-electron chi connectivity index (χ0n) is 15.2. The van der Waals surface area contributed by atoms with Gasteiger partial charge in [0.2, 0.25) is 0 Å². The van der Waals surface area contributed by atoms with Crippen molar-refractivity contribution >= 4 is 34.9 Å². The third-order valence-corrected chi connectivity index (χ3v) is 4.15. The Morgan fingerprint density at radius 2 is 1.78 bits per heavy atom. The highest BCUT2D eigenvalue weighted by molar-refractivity contribution is 6.32. The van der Waals surface area contributed by atoms with Gasteiger partial charge in [0.15, 0.2) is 5.75 Å². The molecule has 0 aromatic heterocycles. The van der Waals surface area contributed by atoms with Crippen molar-refractivity contribution < 1.29 is 19.0 Å². The van der Waals surface area contributed by atoms with Gasteiger partial charge in [-0.25, -0.2) is 4.79 Å². The highest BCUT2D eigenvalue weighted by Gasteiger charge is 2.14. The van der Waals surface area contributed by atoms with Crippen molar-refractivity contribution in [1.29, 1.82) is 0 Å². The molecule has 0 aliphatic carbocycles. The van der Waals surface area contributed by atoms with Crippen LogP contribution in [-0.4, -0.2) is 51.5 Å². The molecule has 2 aromatic carbocycles. The first-order valence-electron chi connectivity index (χ1n) is 8.32. The number of ether oxygens (including phenoxy) is 3. The highest BCUT2D eigenvalue weighted by Crippen LogP contribution is 2.33. The predicted octanol–water partition coefficient (Wildman–Crippen LogP) is 4.56. The van der Waals surface area contributed by atoms with E-state index in [1.54, 1.807) is 56.6 Å². The molecule has 2 rings (SSSR count). The quantitative estimate of drug-likeness (QED) is 0.613. The van der Waals surface area contributed by atoms with Gasteiger partial charge in [0.25, 0.3) is 0 Å². The molecule has 6 nitrogen and oxygen atoms in total. The third-order valence-electron chi connectivity index (χ3n) is 3.60. The Balaban J connectivity index is 1.88. The zero-order chi connectivity index (χ0) is 19.6. The fourth-order valence-electron chi connectivity index (χ4n) is 2.12. The molecule has 2 aromatic rings. The smallest absolute Gasteiger partial charge is 0.321 e. The van der Waals surface area contributed by atoms with Gasteiger partial charge in [0.05, 0.1) is 23.9 Å². The number of halogens is 2. The second-order valence-electron chi connectivity index (χ2n) is 5.61. The van der Waals surface area contributed by atoms with Gasteiger partial charge in [0.1, 0.15) is 19.0 Å². The molecule has 0 saturated carbocycles. The highest BCUT2D eigenvalue weighted by atomic mass is 35.5. The van der Waals surface area contributed by atoms with Gasteiger partial charge < -0.3 is 24.4 Å². The summed E-state index contributed by atoms with van der Waals surface area (Å²) in [5.41, 5.74) is 0.495. The van der Waals surface area contributed by atoms with E-state index in [9.17, 15) is 4.79 Å². The second kappa shape index (κ2) is 10.9. The lowest BCUT2D eigenvalue weighted by atomic mass is 10.3. The van der Waals surface area contributed by atoms with E-state index in [-0.39, 0.29) is 6.03 Å². The van der Waals surface area contributed by atoms with Crippen molar-refractivity contribution in [3.05, 3.63) is 52.5 Å². The number of hydrogen-bond donors (Lipinski definition) is 1. The Labute approximate surface area is 168 Å². The van der Waals surface area contributed by atoms with Crippen molar-refractivity contribution in [3.63, 3.8) is 0 Å². The van der Waals surface area contributed by atoms with Crippen molar-refractivity contribution in [2.24, 2.45) is 0 Å². The molecular formula is C19H22Cl2N2O4. The standard InChI is InChI=1S/C19H22Cl2N2O4/c1-23(10-11-26-15-8-6-14(20)7-9-15)19(24)22-17-5-3-4-16(21)18(17)27-13-12-25-2/h3-9H,10-13H2,1-2H3,(H,22,24). The molecule has 1 N–H and O–H groups in total. The summed E-state index contributed by atoms with van der Waals surface area (Å²) in [6.07, 6.45) is 0. The number of carbonyl (C=O) groups excluding carboxylic acids is 1. The van der Waals surface area contributed by atoms with Gasteiger partial charge in [-0.1, -0.05) is 29.3 Å². The van der Waals surface area contributed by atoms with E-state index in [4.69, 9.17) is 37.4 Å². The van der Waals surface area contributed by atoms with Crippen LogP contribution in [0.2, 0.25) is 10.0 Å². The molecular weight excluding hydrogens is 391 g/mol. The number of likely N-dealkylation sites (N-methyl/N-ethyl adjacent to an activating group) is 1. The Bertz CT molecular complexity index is 741. The number of amides is 2. The van der Waals surface area contributed by atoms with Crippen LogP contribution in [0.4, 0.5) is 10.5 Å². The molecule has 27 heavy (non-hydrogen) atoms. The van der Waals surface area contributed by atoms with E-state index < -0.39 is 0 Å². The van der Waals surface area contributed by atoms with E-state index >= 15 is 0 Å². The average molecular weight is 413 g/mol. The van der Waals surface area contributed by atoms with E-state index in [1.165, 1.54) is 4.90 Å². The fourth-order valence-corrected chi connectivity index (χ4v) is 2.48. The third kappa shape index (κ3) is 6.82. The topological polar surface area (TPSA) is 60.0 Å². The summed E-state index contributed by atoms with van der Waals surface area (Å²) in [5.74, 6) is 1.10. The van der Waals surface area contributed by atoms with Gasteiger partial charge in [-0.3, -0.25) is 0 Å². The minimum Gasteiger partial charge on any atom is -0.492 e. The number of anilines is 1. The molecule has 0 bridgehead atoms. The molecule has 0 saturated heterocycles. The molecule has 0 atom stereocenters. The number of nitrogens with one attached hydrogen (secondary N) is 1. The van der Waals surface area contributed by atoms with Crippen molar-refractivity contribution in [1.82, 2.24) is 4.90 Å². The van der Waals surface area contributed by atoms with E-state index in [2.05, 4.69) is 5.32 Å². The molecule has 2 amide bonds. The van der Waals surface area contributed by atoms with Gasteiger partial charge in [-0.2, -0.15) is 0 Å². The minimum atomic E-state index is -0.298. The number of urea groups is 1. The molecule has 0 spiro atoms. The van der Waals surface area contributed by atoms with Crippen LogP contribution in [0.5, 0.6) is 11.5 Å². The first-order chi connectivity index (χ1) is 13.0. The SMILES string of the molecule is COCCOc1c(Cl)cccc1NC(=O)N(C)CCOc1ccc(Cl)cc1. The normalized spacial score (nSPS) is 10.4. The predicted molar refractivity (Wildman–Crippen MR) is 107 cm³/mol. The fraction of sp³-hybridized carbons (Fsp3) is 0.316. The van der Waals surface area contributed by atoms with Crippen LogP contribution in [-0.2, 0) is 4.74 Å². The summed E-state index contributed by atoms with van der Waals surface area (Å²) in [6, 6.07) is 11.9. The first-order valence-corrected chi connectivity index (χ1v) is 9.07. The minimum absolute atomic E-state index is 0.298. The summed E-state index contributed by atoms with van der Waals surface area (Å²) in [5, 5.41) is 3.85. The molecule has 146 valence electrons. The Kier molecular flexibility index (Phi) is 8.51. The van der Waals surface area contributed by atoms with Crippen LogP contribution in [0.15, 0.2) is 42.5 Å². The van der Waals surface area contributed by atoms with Crippen LogP contribution in [0, 0.1) is 0 Å². The first kappa shape index (κ1) is 21.2. The van der Waals surface area contributed by atoms with Crippen LogP contribution in [0.1, 0.15) is 0 Å². The van der Waals surface area contributed by atoms with Crippen LogP contribution in [0.25, 0.3) is 0 Å². The number of para-hydroxylation sites is 1. The number of benzene rings is 2. The Morgan fingerprint density at radius 3 is 2.48 bits per heavy atom. The monoisotopic (exact) mass is 412 g/mol. The number of hydrogen-bond acceptors (Lipinski definition) is 4. The number of carbonyl (C=O) groups is 1. The molecule has 0 heterocycles. The molecule has 8 heteroatoms. The van der Waals surface area contributed by atoms with Crippen molar-refractivity contribution in [2.45, 2.75) is 0 Å². The molecule has 0 aliphatic rings. The van der Waals surface area contributed by atoms with E-state index in [1.807, 2.05) is 0 Å². The zero-order valence-corrected chi connectivity index (χ0v) is 16.7. The summed E-state index contributed by atoms with van der Waals surface area (Å²) in [6.45, 7) is 1.49. The maximum absolute atomic E-state index is 12.4. The number of rotatable bonds is 9. The van der Waals surface area contributed by atoms with Crippen LogP contribution < -0.4 is 14.8 Å². The molecule has 0 fully saturated rings. The lowest BCUT2D eigenvalue weighted by Gasteiger charge is -2.20. The maximum atomic E-state index is 12.4. The summed E-state index contributed by atoms with van der Waals surface area (Å²) in [4.78, 5) is 13.9.